The number of nitrogens with one attached hydrogen (secondary N) is 2. The topological polar surface area (TPSA) is 73.6 Å². The number of hydrogen-bond donors (Lipinski definition) is 3. The van der Waals surface area contributed by atoms with Gasteiger partial charge >= 0.3 is 0 Å². The molecule has 3 aromatic carbocycles. The minimum absolute atomic E-state index is 0.0476. The Morgan fingerprint density at radius 3 is 2.40 bits per heavy atom. The van der Waals surface area contributed by atoms with E-state index in [2.05, 4.69) is 70.9 Å². The average molecular weight is 544 g/mol. The van der Waals surface area contributed by atoms with Crippen molar-refractivity contribution in [3.05, 3.63) is 114 Å². The molecule has 0 spiro atoms. The number of nitrogens with two attached hydrogens (primary N) is 1. The number of primary amides is 1. The lowest BCUT2D eigenvalue weighted by Crippen LogP contribution is -2.60. The number of benzene rings is 3. The van der Waals surface area contributed by atoms with Crippen LogP contribution in [0.5, 0.6) is 0 Å². The molecular formula is C33H42FN5O. The van der Waals surface area contributed by atoms with E-state index in [0.29, 0.717) is 5.56 Å². The van der Waals surface area contributed by atoms with Crippen LogP contribution in [0.25, 0.3) is 0 Å². The summed E-state index contributed by atoms with van der Waals surface area (Å²) >= 11 is 0. The van der Waals surface area contributed by atoms with Gasteiger partial charge in [0.15, 0.2) is 0 Å². The molecule has 0 aromatic heterocycles. The van der Waals surface area contributed by atoms with Crippen molar-refractivity contribution in [2.75, 3.05) is 39.0 Å². The number of likely N-dealkylation sites (N-methyl/N-ethyl adjacent to an activating group) is 1. The summed E-state index contributed by atoms with van der Waals surface area (Å²) in [7, 11) is 4.23. The fourth-order valence-corrected chi connectivity index (χ4v) is 5.43. The van der Waals surface area contributed by atoms with Crippen LogP contribution in [0.4, 0.5) is 10.1 Å². The van der Waals surface area contributed by atoms with Crippen LogP contribution in [0, 0.1) is 5.82 Å². The molecule has 7 heteroatoms. The lowest BCUT2D eigenvalue weighted by Gasteiger charge is -2.46. The first-order chi connectivity index (χ1) is 19.4. The molecule has 1 aliphatic rings. The molecule has 0 saturated carbocycles. The number of piperidine rings is 1. The van der Waals surface area contributed by atoms with Gasteiger partial charge in [-0.05, 0) is 80.9 Å². The van der Waals surface area contributed by atoms with Gasteiger partial charge in [0, 0.05) is 43.9 Å². The summed E-state index contributed by atoms with van der Waals surface area (Å²) in [5.74, 6) is -1.22. The van der Waals surface area contributed by atoms with Crippen molar-refractivity contribution >= 4 is 11.6 Å². The van der Waals surface area contributed by atoms with E-state index in [9.17, 15) is 9.18 Å². The predicted octanol–water partition coefficient (Wildman–Crippen LogP) is 5.29. The Morgan fingerprint density at radius 1 is 1.02 bits per heavy atom. The van der Waals surface area contributed by atoms with E-state index in [1.807, 2.05) is 30.5 Å². The maximum absolute atomic E-state index is 14.6. The minimum Gasteiger partial charge on any atom is -0.370 e. The Bertz CT molecular complexity index is 1240. The van der Waals surface area contributed by atoms with Gasteiger partial charge in [0.05, 0.1) is 5.66 Å². The SMILES string of the molecule is CN(C)CCN(Cc1ccccc1)C1(/C=C\Nc2ccc(C(CC(N)=O)c3ccccc3F)cc2)CCCCN1. The van der Waals surface area contributed by atoms with Crippen molar-refractivity contribution in [2.24, 2.45) is 5.73 Å². The molecule has 1 amide bonds. The van der Waals surface area contributed by atoms with Crippen LogP contribution in [-0.2, 0) is 11.3 Å². The van der Waals surface area contributed by atoms with Crippen LogP contribution in [0.1, 0.15) is 48.3 Å². The Labute approximate surface area is 238 Å². The van der Waals surface area contributed by atoms with E-state index in [1.54, 1.807) is 18.2 Å². The quantitative estimate of drug-likeness (QED) is 0.273. The molecule has 1 heterocycles. The predicted molar refractivity (Wildman–Crippen MR) is 161 cm³/mol. The van der Waals surface area contributed by atoms with Crippen molar-refractivity contribution in [2.45, 2.75) is 43.8 Å². The molecule has 4 N–H and O–H groups in total. The second-order valence-electron chi connectivity index (χ2n) is 10.9. The van der Waals surface area contributed by atoms with Crippen LogP contribution in [0.3, 0.4) is 0 Å². The van der Waals surface area contributed by atoms with Gasteiger partial charge < -0.3 is 16.0 Å². The number of hydrogen-bond acceptors (Lipinski definition) is 5. The van der Waals surface area contributed by atoms with Crippen molar-refractivity contribution < 1.29 is 9.18 Å². The first kappa shape index (κ1) is 29.5. The molecule has 0 radical (unpaired) electrons. The highest BCUT2D eigenvalue weighted by Gasteiger charge is 2.35. The molecule has 2 unspecified atom stereocenters. The molecule has 1 aliphatic heterocycles. The molecule has 0 bridgehead atoms. The summed E-state index contributed by atoms with van der Waals surface area (Å²) in [5.41, 5.74) is 8.79. The Hall–Kier alpha value is -3.52. The normalized spacial score (nSPS) is 18.3. The van der Waals surface area contributed by atoms with Gasteiger partial charge in [0.2, 0.25) is 5.91 Å². The molecule has 1 saturated heterocycles. The third-order valence-electron chi connectivity index (χ3n) is 7.62. The van der Waals surface area contributed by atoms with E-state index in [0.717, 1.165) is 50.3 Å². The Morgan fingerprint density at radius 2 is 1.75 bits per heavy atom. The van der Waals surface area contributed by atoms with Gasteiger partial charge in [-0.15, -0.1) is 0 Å². The monoisotopic (exact) mass is 543 g/mol. The summed E-state index contributed by atoms with van der Waals surface area (Å²) in [4.78, 5) is 16.6. The molecule has 0 aliphatic carbocycles. The van der Waals surface area contributed by atoms with Gasteiger partial charge in [-0.2, -0.15) is 0 Å². The highest BCUT2D eigenvalue weighted by molar-refractivity contribution is 5.75. The van der Waals surface area contributed by atoms with E-state index in [1.165, 1.54) is 18.1 Å². The van der Waals surface area contributed by atoms with Crippen LogP contribution in [0.15, 0.2) is 91.1 Å². The minimum atomic E-state index is -0.460. The van der Waals surface area contributed by atoms with Crippen molar-refractivity contribution in [1.82, 2.24) is 15.1 Å². The fraction of sp³-hybridized carbons (Fsp3) is 0.364. The molecular weight excluding hydrogens is 501 g/mol. The van der Waals surface area contributed by atoms with Crippen LogP contribution in [-0.4, -0.2) is 55.1 Å². The largest absolute Gasteiger partial charge is 0.370 e. The summed E-state index contributed by atoms with van der Waals surface area (Å²) in [6.07, 6.45) is 7.70. The van der Waals surface area contributed by atoms with E-state index < -0.39 is 11.8 Å². The zero-order valence-electron chi connectivity index (χ0n) is 23.7. The van der Waals surface area contributed by atoms with E-state index in [-0.39, 0.29) is 17.9 Å². The van der Waals surface area contributed by atoms with Crippen LogP contribution >= 0.6 is 0 Å². The summed E-state index contributed by atoms with van der Waals surface area (Å²) in [6, 6.07) is 25.0. The molecule has 1 fully saturated rings. The zero-order chi connectivity index (χ0) is 28.4. The van der Waals surface area contributed by atoms with Gasteiger partial charge in [0.25, 0.3) is 0 Å². The van der Waals surface area contributed by atoms with Gasteiger partial charge in [0.1, 0.15) is 5.82 Å². The molecule has 3 aromatic rings. The van der Waals surface area contributed by atoms with Crippen molar-refractivity contribution in [3.8, 4) is 0 Å². The lowest BCUT2D eigenvalue weighted by atomic mass is 9.88. The Kier molecular flexibility index (Phi) is 10.5. The summed E-state index contributed by atoms with van der Waals surface area (Å²) in [5, 5.41) is 7.27. The van der Waals surface area contributed by atoms with Crippen LogP contribution < -0.4 is 16.4 Å². The second kappa shape index (κ2) is 14.2. The smallest absolute Gasteiger partial charge is 0.218 e. The third kappa shape index (κ3) is 8.01. The first-order valence-corrected chi connectivity index (χ1v) is 14.1. The zero-order valence-corrected chi connectivity index (χ0v) is 23.7. The standard InChI is InChI=1S/C33H42FN5O/c1-38(2)22-23-39(25-26-10-4-3-5-11-26)33(18-8-9-20-37-33)19-21-36-28-16-14-27(15-17-28)30(24-32(35)40)29-12-6-7-13-31(29)34/h3-7,10-17,19,21,30,36-37H,8-9,18,20,22-25H2,1-2H3,(H2,35,40)/b21-19-. The number of carbonyl (C=O) groups excluding carboxylic acids is 1. The molecule has 4 rings (SSSR count). The fourth-order valence-electron chi connectivity index (χ4n) is 5.43. The maximum Gasteiger partial charge on any atom is 0.218 e. The average Bonchev–Trinajstić information content (AvgIpc) is 2.96. The van der Waals surface area contributed by atoms with Gasteiger partial charge in [-0.3, -0.25) is 15.0 Å². The Balaban J connectivity index is 1.52. The number of carbonyl (C=O) groups is 1. The number of anilines is 1. The van der Waals surface area contributed by atoms with E-state index in [4.69, 9.17) is 5.73 Å². The number of halogens is 1. The maximum atomic E-state index is 14.6. The summed E-state index contributed by atoms with van der Waals surface area (Å²) < 4.78 is 14.6. The highest BCUT2D eigenvalue weighted by atomic mass is 19.1. The van der Waals surface area contributed by atoms with E-state index >= 15 is 0 Å². The molecule has 2 atom stereocenters. The molecule has 40 heavy (non-hydrogen) atoms. The van der Waals surface area contributed by atoms with Crippen molar-refractivity contribution in [1.29, 1.82) is 0 Å². The first-order valence-electron chi connectivity index (χ1n) is 14.1. The van der Waals surface area contributed by atoms with Crippen LogP contribution in [0.2, 0.25) is 0 Å². The van der Waals surface area contributed by atoms with Crippen molar-refractivity contribution in [3.63, 3.8) is 0 Å². The second-order valence-corrected chi connectivity index (χ2v) is 10.9. The highest BCUT2D eigenvalue weighted by Crippen LogP contribution is 2.31. The number of amides is 1. The summed E-state index contributed by atoms with van der Waals surface area (Å²) in [6.45, 7) is 3.74. The van der Waals surface area contributed by atoms with Gasteiger partial charge in [-0.25, -0.2) is 4.39 Å². The molecule has 6 nitrogen and oxygen atoms in total. The number of nitrogens with zero attached hydrogens (tertiary/aromatic N) is 2. The van der Waals surface area contributed by atoms with Gasteiger partial charge in [-0.1, -0.05) is 60.7 Å². The number of rotatable bonds is 13. The lowest BCUT2D eigenvalue weighted by molar-refractivity contribution is -0.118. The molecule has 212 valence electrons. The third-order valence-corrected chi connectivity index (χ3v) is 7.62.